The first-order valence-electron chi connectivity index (χ1n) is 10.1. The minimum Gasteiger partial charge on any atom is -0.493 e. The number of methoxy groups -OCH3 is 2. The van der Waals surface area contributed by atoms with Gasteiger partial charge in [-0.1, -0.05) is 30.3 Å². The standard InChI is InChI=1S/C26H23N3O3/c1-31-24-13-11-20(15-25(24)32-2)23(30)12-10-22-18-29(17-19-7-4-3-5-8-19)28-26(22)21-9-6-14-27-16-21/h3-16,18H,17H2,1-2H3/b12-10+. The first-order valence-corrected chi connectivity index (χ1v) is 10.1. The van der Waals surface area contributed by atoms with Gasteiger partial charge >= 0.3 is 0 Å². The van der Waals surface area contributed by atoms with Gasteiger partial charge in [-0.05, 0) is 48.0 Å². The van der Waals surface area contributed by atoms with E-state index in [4.69, 9.17) is 14.6 Å². The monoisotopic (exact) mass is 425 g/mol. The highest BCUT2D eigenvalue weighted by Crippen LogP contribution is 2.28. The van der Waals surface area contributed by atoms with Crippen LogP contribution in [0.1, 0.15) is 21.5 Å². The number of ketones is 1. The second-order valence-electron chi connectivity index (χ2n) is 7.13. The molecule has 6 heteroatoms. The summed E-state index contributed by atoms with van der Waals surface area (Å²) in [6.45, 7) is 0.631. The van der Waals surface area contributed by atoms with Crippen LogP contribution in [0, 0.1) is 0 Å². The quantitative estimate of drug-likeness (QED) is 0.297. The van der Waals surface area contributed by atoms with Gasteiger partial charge in [0.2, 0.25) is 0 Å². The molecule has 2 aromatic heterocycles. The summed E-state index contributed by atoms with van der Waals surface area (Å²) in [6.07, 6.45) is 8.76. The molecule has 4 aromatic rings. The van der Waals surface area contributed by atoms with Crippen LogP contribution in [0.2, 0.25) is 0 Å². The van der Waals surface area contributed by atoms with Crippen LogP contribution >= 0.6 is 0 Å². The number of benzene rings is 2. The molecule has 0 atom stereocenters. The van der Waals surface area contributed by atoms with Gasteiger partial charge in [0, 0.05) is 35.3 Å². The fourth-order valence-corrected chi connectivity index (χ4v) is 3.39. The van der Waals surface area contributed by atoms with E-state index in [9.17, 15) is 4.79 Å². The Morgan fingerprint density at radius 3 is 2.53 bits per heavy atom. The zero-order valence-electron chi connectivity index (χ0n) is 17.9. The van der Waals surface area contributed by atoms with Crippen LogP contribution in [0.25, 0.3) is 17.3 Å². The fraction of sp³-hybridized carbons (Fsp3) is 0.115. The number of rotatable bonds is 8. The molecule has 0 saturated heterocycles. The Morgan fingerprint density at radius 1 is 1.00 bits per heavy atom. The second kappa shape index (κ2) is 9.75. The van der Waals surface area contributed by atoms with Gasteiger partial charge in [0.1, 0.15) is 5.69 Å². The number of carbonyl (C=O) groups is 1. The van der Waals surface area contributed by atoms with Gasteiger partial charge < -0.3 is 9.47 Å². The Hall–Kier alpha value is -4.19. The highest BCUT2D eigenvalue weighted by Gasteiger charge is 2.12. The van der Waals surface area contributed by atoms with Crippen molar-refractivity contribution in [1.82, 2.24) is 14.8 Å². The SMILES string of the molecule is COc1ccc(C(=O)/C=C/c2cn(Cc3ccccc3)nc2-c2cccnc2)cc1OC. The van der Waals surface area contributed by atoms with E-state index in [0.29, 0.717) is 23.6 Å². The normalized spacial score (nSPS) is 10.9. The van der Waals surface area contributed by atoms with E-state index in [1.54, 1.807) is 57.0 Å². The van der Waals surface area contributed by atoms with Gasteiger partial charge in [-0.3, -0.25) is 14.5 Å². The van der Waals surface area contributed by atoms with Crippen molar-refractivity contribution in [3.63, 3.8) is 0 Å². The molecule has 0 unspecified atom stereocenters. The lowest BCUT2D eigenvalue weighted by atomic mass is 10.1. The first kappa shape index (κ1) is 21.1. The lowest BCUT2D eigenvalue weighted by Crippen LogP contribution is -2.00. The lowest BCUT2D eigenvalue weighted by molar-refractivity contribution is 0.104. The Morgan fingerprint density at radius 2 is 1.81 bits per heavy atom. The molecule has 0 saturated carbocycles. The number of nitrogens with zero attached hydrogens (tertiary/aromatic N) is 3. The van der Waals surface area contributed by atoms with Crippen molar-refractivity contribution in [1.29, 1.82) is 0 Å². The summed E-state index contributed by atoms with van der Waals surface area (Å²) in [7, 11) is 3.11. The molecule has 0 radical (unpaired) electrons. The van der Waals surface area contributed by atoms with Gasteiger partial charge in [-0.15, -0.1) is 0 Å². The van der Waals surface area contributed by atoms with Crippen LogP contribution in [0.3, 0.4) is 0 Å². The van der Waals surface area contributed by atoms with Gasteiger partial charge in [0.25, 0.3) is 0 Å². The number of allylic oxidation sites excluding steroid dienone is 1. The molecule has 0 spiro atoms. The van der Waals surface area contributed by atoms with E-state index < -0.39 is 0 Å². The third-order valence-corrected chi connectivity index (χ3v) is 4.99. The average molecular weight is 425 g/mol. The molecule has 32 heavy (non-hydrogen) atoms. The summed E-state index contributed by atoms with van der Waals surface area (Å²) in [6, 6.07) is 19.0. The number of carbonyl (C=O) groups excluding carboxylic acids is 1. The second-order valence-corrected chi connectivity index (χ2v) is 7.13. The van der Waals surface area contributed by atoms with E-state index in [1.807, 2.05) is 41.2 Å². The Kier molecular flexibility index (Phi) is 6.41. The Labute approximate surface area is 186 Å². The molecular weight excluding hydrogens is 402 g/mol. The summed E-state index contributed by atoms with van der Waals surface area (Å²) in [5.74, 6) is 0.950. The summed E-state index contributed by atoms with van der Waals surface area (Å²) in [4.78, 5) is 17.0. The number of hydrogen-bond acceptors (Lipinski definition) is 5. The molecule has 0 aliphatic carbocycles. The molecule has 0 bridgehead atoms. The topological polar surface area (TPSA) is 66.2 Å². The lowest BCUT2D eigenvalue weighted by Gasteiger charge is -2.07. The van der Waals surface area contributed by atoms with Crippen LogP contribution < -0.4 is 9.47 Å². The van der Waals surface area contributed by atoms with Crippen LogP contribution in [0.5, 0.6) is 11.5 Å². The van der Waals surface area contributed by atoms with E-state index >= 15 is 0 Å². The highest BCUT2D eigenvalue weighted by atomic mass is 16.5. The Balaban J connectivity index is 1.64. The van der Waals surface area contributed by atoms with Crippen molar-refractivity contribution in [3.05, 3.63) is 102 Å². The van der Waals surface area contributed by atoms with E-state index in [1.165, 1.54) is 0 Å². The maximum Gasteiger partial charge on any atom is 0.185 e. The van der Waals surface area contributed by atoms with Gasteiger partial charge in [0.05, 0.1) is 20.8 Å². The van der Waals surface area contributed by atoms with E-state index in [-0.39, 0.29) is 5.78 Å². The summed E-state index contributed by atoms with van der Waals surface area (Å²) >= 11 is 0. The van der Waals surface area contributed by atoms with Gasteiger partial charge in [-0.2, -0.15) is 5.10 Å². The largest absolute Gasteiger partial charge is 0.493 e. The zero-order chi connectivity index (χ0) is 22.3. The predicted molar refractivity (Wildman–Crippen MR) is 124 cm³/mol. The highest BCUT2D eigenvalue weighted by molar-refractivity contribution is 6.07. The van der Waals surface area contributed by atoms with Crippen molar-refractivity contribution >= 4 is 11.9 Å². The molecule has 6 nitrogen and oxygen atoms in total. The maximum absolute atomic E-state index is 12.8. The molecule has 0 aliphatic heterocycles. The minimum atomic E-state index is -0.140. The number of hydrogen-bond donors (Lipinski definition) is 0. The molecule has 2 heterocycles. The number of aromatic nitrogens is 3. The number of ether oxygens (including phenoxy) is 2. The van der Waals surface area contributed by atoms with E-state index in [2.05, 4.69) is 17.1 Å². The molecule has 0 fully saturated rings. The van der Waals surface area contributed by atoms with Crippen molar-refractivity contribution in [2.45, 2.75) is 6.54 Å². The summed E-state index contributed by atoms with van der Waals surface area (Å²) < 4.78 is 12.4. The molecule has 2 aromatic carbocycles. The smallest absolute Gasteiger partial charge is 0.185 e. The van der Waals surface area contributed by atoms with Crippen molar-refractivity contribution in [2.75, 3.05) is 14.2 Å². The first-order chi connectivity index (χ1) is 15.7. The van der Waals surface area contributed by atoms with Crippen LogP contribution in [-0.4, -0.2) is 34.8 Å². The number of pyridine rings is 1. The van der Waals surface area contributed by atoms with Crippen molar-refractivity contribution in [3.8, 4) is 22.8 Å². The zero-order valence-corrected chi connectivity index (χ0v) is 17.9. The molecule has 160 valence electrons. The molecule has 0 aliphatic rings. The van der Waals surface area contributed by atoms with Crippen LogP contribution in [-0.2, 0) is 6.54 Å². The maximum atomic E-state index is 12.8. The molecule has 0 N–H and O–H groups in total. The molecule has 4 rings (SSSR count). The summed E-state index contributed by atoms with van der Waals surface area (Å²) in [5, 5.41) is 4.75. The molecule has 0 amide bonds. The average Bonchev–Trinajstić information content (AvgIpc) is 3.25. The third kappa shape index (κ3) is 4.75. The van der Waals surface area contributed by atoms with Crippen molar-refractivity contribution < 1.29 is 14.3 Å². The van der Waals surface area contributed by atoms with Gasteiger partial charge in [-0.25, -0.2) is 0 Å². The molecular formula is C26H23N3O3. The van der Waals surface area contributed by atoms with Crippen molar-refractivity contribution in [2.24, 2.45) is 0 Å². The Bertz CT molecular complexity index is 1230. The fourth-order valence-electron chi connectivity index (χ4n) is 3.39. The summed E-state index contributed by atoms with van der Waals surface area (Å²) in [5.41, 5.74) is 4.15. The predicted octanol–water partition coefficient (Wildman–Crippen LogP) is 4.91. The van der Waals surface area contributed by atoms with Gasteiger partial charge in [0.15, 0.2) is 17.3 Å². The van der Waals surface area contributed by atoms with E-state index in [0.717, 1.165) is 22.4 Å². The van der Waals surface area contributed by atoms with Crippen LogP contribution in [0.15, 0.2) is 85.3 Å². The minimum absolute atomic E-state index is 0.140. The third-order valence-electron chi connectivity index (χ3n) is 4.99. The van der Waals surface area contributed by atoms with Crippen LogP contribution in [0.4, 0.5) is 0 Å².